The average Bonchev–Trinajstić information content (AvgIpc) is 1.77. The van der Waals surface area contributed by atoms with Crippen molar-refractivity contribution in [1.29, 1.82) is 0 Å². The van der Waals surface area contributed by atoms with E-state index in [0.29, 0.717) is 5.56 Å². The minimum absolute atomic E-state index is 0.132. The molecule has 1 aromatic rings. The zero-order chi connectivity index (χ0) is 5.98. The first kappa shape index (κ1) is 5.29. The van der Waals surface area contributed by atoms with Crippen LogP contribution < -0.4 is 0 Å². The summed E-state index contributed by atoms with van der Waals surface area (Å²) in [6.07, 6.45) is 0. The van der Waals surface area contributed by atoms with Crippen LogP contribution >= 0.6 is 0 Å². The molecule has 0 amide bonds. The number of benzene rings is 1. The quantitative estimate of drug-likeness (QED) is 0.478. The fourth-order valence-electron chi connectivity index (χ4n) is 0.551. The molecule has 0 fully saturated rings. The molecule has 1 rings (SSSR count). The van der Waals surface area contributed by atoms with E-state index in [1.165, 1.54) is 6.07 Å². The summed E-state index contributed by atoms with van der Waals surface area (Å²) in [6, 6.07) is 6.70. The van der Waals surface area contributed by atoms with Crippen molar-refractivity contribution in [3.63, 3.8) is 0 Å². The minimum Gasteiger partial charge on any atom is -0.207 e. The van der Waals surface area contributed by atoms with Gasteiger partial charge in [0.1, 0.15) is 5.82 Å². The lowest BCUT2D eigenvalue weighted by molar-refractivity contribution is 0.618. The SMILES string of the molecule is Cc1ccccc1[18F]. The lowest BCUT2D eigenvalue weighted by Gasteiger charge is -1.89. The fourth-order valence-corrected chi connectivity index (χ4v) is 0.551. The molecule has 0 aliphatic carbocycles. The molecule has 0 spiro atoms. The molecule has 1 heteroatoms. The van der Waals surface area contributed by atoms with Crippen molar-refractivity contribution < 1.29 is 4.39 Å². The van der Waals surface area contributed by atoms with Gasteiger partial charge in [0.05, 0.1) is 0 Å². The van der Waals surface area contributed by atoms with Gasteiger partial charge in [-0.2, -0.15) is 0 Å². The average molecular weight is 109 g/mol. The third-order valence-corrected chi connectivity index (χ3v) is 1.08. The molecular formula is C7H7F. The summed E-state index contributed by atoms with van der Waals surface area (Å²) in [5.41, 5.74) is 0.701. The van der Waals surface area contributed by atoms with Crippen molar-refractivity contribution in [2.24, 2.45) is 0 Å². The summed E-state index contributed by atoms with van der Waals surface area (Å²) in [5.74, 6) is -0.132. The van der Waals surface area contributed by atoms with Gasteiger partial charge in [-0.3, -0.25) is 0 Å². The highest BCUT2D eigenvalue weighted by Gasteiger charge is 1.88. The zero-order valence-corrected chi connectivity index (χ0v) is 4.69. The van der Waals surface area contributed by atoms with Crippen LogP contribution in [0.15, 0.2) is 24.3 Å². The molecule has 0 saturated carbocycles. The summed E-state index contributed by atoms with van der Waals surface area (Å²) >= 11 is 0. The summed E-state index contributed by atoms with van der Waals surface area (Å²) in [5, 5.41) is 0. The predicted molar refractivity (Wildman–Crippen MR) is 31.1 cm³/mol. The first-order valence-electron chi connectivity index (χ1n) is 2.52. The molecular weight excluding hydrogens is 102 g/mol. The topological polar surface area (TPSA) is 0 Å². The fraction of sp³-hybridized carbons (Fsp3) is 0.143. The van der Waals surface area contributed by atoms with Crippen molar-refractivity contribution in [1.82, 2.24) is 0 Å². The van der Waals surface area contributed by atoms with Crippen molar-refractivity contribution >= 4 is 0 Å². The van der Waals surface area contributed by atoms with Crippen LogP contribution in [0.5, 0.6) is 0 Å². The maximum absolute atomic E-state index is 12.3. The Labute approximate surface area is 48.0 Å². The molecule has 0 saturated heterocycles. The van der Waals surface area contributed by atoms with Crippen LogP contribution in [0.4, 0.5) is 4.39 Å². The van der Waals surface area contributed by atoms with Crippen molar-refractivity contribution in [3.05, 3.63) is 35.6 Å². The van der Waals surface area contributed by atoms with E-state index in [-0.39, 0.29) is 5.82 Å². The van der Waals surface area contributed by atoms with E-state index in [1.807, 2.05) is 6.07 Å². The molecule has 1 aromatic carbocycles. The van der Waals surface area contributed by atoms with Gasteiger partial charge in [0.15, 0.2) is 0 Å². The number of hydrogen-bond donors (Lipinski definition) is 0. The van der Waals surface area contributed by atoms with Crippen LogP contribution in [-0.2, 0) is 0 Å². The number of halogens is 1. The molecule has 0 atom stereocenters. The Morgan fingerprint density at radius 2 is 1.88 bits per heavy atom. The highest BCUT2D eigenvalue weighted by molar-refractivity contribution is 5.14. The molecule has 0 nitrogen and oxygen atoms in total. The van der Waals surface area contributed by atoms with Crippen LogP contribution in [0, 0.1) is 12.7 Å². The normalized spacial score (nSPS) is 9.25. The summed E-state index contributed by atoms with van der Waals surface area (Å²) < 4.78 is 12.3. The van der Waals surface area contributed by atoms with E-state index in [1.54, 1.807) is 19.1 Å². The Kier molecular flexibility index (Phi) is 1.29. The first-order chi connectivity index (χ1) is 3.80. The Balaban J connectivity index is 3.13. The van der Waals surface area contributed by atoms with E-state index in [2.05, 4.69) is 0 Å². The Hall–Kier alpha value is -0.850. The highest BCUT2D eigenvalue weighted by Crippen LogP contribution is 2.01. The van der Waals surface area contributed by atoms with Crippen LogP contribution in [0.1, 0.15) is 5.56 Å². The first-order valence-corrected chi connectivity index (χ1v) is 2.52. The van der Waals surface area contributed by atoms with Gasteiger partial charge in [0, 0.05) is 0 Å². The van der Waals surface area contributed by atoms with Gasteiger partial charge in [-0.1, -0.05) is 18.2 Å². The molecule has 42 valence electrons. The van der Waals surface area contributed by atoms with Crippen molar-refractivity contribution in [3.8, 4) is 0 Å². The number of rotatable bonds is 0. The van der Waals surface area contributed by atoms with Crippen LogP contribution in [0.2, 0.25) is 0 Å². The minimum atomic E-state index is -0.132. The van der Waals surface area contributed by atoms with E-state index in [9.17, 15) is 4.39 Å². The van der Waals surface area contributed by atoms with Gasteiger partial charge in [-0.15, -0.1) is 0 Å². The molecule has 8 heavy (non-hydrogen) atoms. The van der Waals surface area contributed by atoms with Crippen molar-refractivity contribution in [2.45, 2.75) is 6.92 Å². The van der Waals surface area contributed by atoms with E-state index in [0.717, 1.165) is 0 Å². The molecule has 0 aromatic heterocycles. The third-order valence-electron chi connectivity index (χ3n) is 1.08. The number of aryl methyl sites for hydroxylation is 1. The smallest absolute Gasteiger partial charge is 0.126 e. The van der Waals surface area contributed by atoms with Gasteiger partial charge in [0.25, 0.3) is 0 Å². The predicted octanol–water partition coefficient (Wildman–Crippen LogP) is 2.13. The molecule has 0 unspecified atom stereocenters. The van der Waals surface area contributed by atoms with Gasteiger partial charge in [-0.25, -0.2) is 4.39 Å². The van der Waals surface area contributed by atoms with Gasteiger partial charge >= 0.3 is 0 Å². The zero-order valence-electron chi connectivity index (χ0n) is 4.69. The van der Waals surface area contributed by atoms with Crippen molar-refractivity contribution in [2.75, 3.05) is 0 Å². The molecule has 0 radical (unpaired) electrons. The summed E-state index contributed by atoms with van der Waals surface area (Å²) in [4.78, 5) is 0. The monoisotopic (exact) mass is 109 g/mol. The lowest BCUT2D eigenvalue weighted by atomic mass is 10.2. The number of hydrogen-bond acceptors (Lipinski definition) is 0. The Bertz CT molecular complexity index is 160. The van der Waals surface area contributed by atoms with Crippen LogP contribution in [-0.4, -0.2) is 0 Å². The van der Waals surface area contributed by atoms with E-state index in [4.69, 9.17) is 0 Å². The second kappa shape index (κ2) is 1.95. The lowest BCUT2D eigenvalue weighted by Crippen LogP contribution is -1.76. The maximum atomic E-state index is 12.3. The summed E-state index contributed by atoms with van der Waals surface area (Å²) in [7, 11) is 0. The maximum Gasteiger partial charge on any atom is 0.126 e. The van der Waals surface area contributed by atoms with Gasteiger partial charge in [0.2, 0.25) is 0 Å². The molecule has 0 heterocycles. The Morgan fingerprint density at radius 1 is 1.25 bits per heavy atom. The highest BCUT2D eigenvalue weighted by atomic mass is 18.2. The largest absolute Gasteiger partial charge is 0.207 e. The van der Waals surface area contributed by atoms with Crippen LogP contribution in [0.3, 0.4) is 0 Å². The molecule has 0 aliphatic heterocycles. The van der Waals surface area contributed by atoms with Gasteiger partial charge in [-0.05, 0) is 18.6 Å². The third kappa shape index (κ3) is 0.861. The van der Waals surface area contributed by atoms with Crippen LogP contribution in [0.25, 0.3) is 0 Å². The van der Waals surface area contributed by atoms with E-state index < -0.39 is 0 Å². The molecule has 0 N–H and O–H groups in total. The summed E-state index contributed by atoms with van der Waals surface area (Å²) in [6.45, 7) is 1.75. The standard InChI is InChI=1S/C7H7F/c1-6-4-2-3-5-7(6)8/h2-5H,1H3/i8-1. The molecule has 0 bridgehead atoms. The second-order valence-corrected chi connectivity index (χ2v) is 1.75. The van der Waals surface area contributed by atoms with E-state index >= 15 is 0 Å². The second-order valence-electron chi connectivity index (χ2n) is 1.75. The Morgan fingerprint density at radius 3 is 2.25 bits per heavy atom. The van der Waals surface area contributed by atoms with Gasteiger partial charge < -0.3 is 0 Å². The molecule has 0 aliphatic rings.